The highest BCUT2D eigenvalue weighted by Gasteiger charge is 2.17. The summed E-state index contributed by atoms with van der Waals surface area (Å²) in [7, 11) is 0. The number of allylic oxidation sites excluding steroid dienone is 3. The van der Waals surface area contributed by atoms with Gasteiger partial charge in [0, 0.05) is 0 Å². The van der Waals surface area contributed by atoms with Crippen molar-refractivity contribution in [2.45, 2.75) is 26.2 Å². The van der Waals surface area contributed by atoms with Crippen molar-refractivity contribution in [1.29, 1.82) is 0 Å². The van der Waals surface area contributed by atoms with Gasteiger partial charge >= 0.3 is 0 Å². The maximum atomic E-state index is 3.98. The quantitative estimate of drug-likeness (QED) is 0.494. The van der Waals surface area contributed by atoms with Crippen molar-refractivity contribution >= 4 is 0 Å². The summed E-state index contributed by atoms with van der Waals surface area (Å²) in [6, 6.07) is 0. The van der Waals surface area contributed by atoms with E-state index < -0.39 is 0 Å². The molecular formula is C9H14. The van der Waals surface area contributed by atoms with E-state index >= 15 is 0 Å². The zero-order chi connectivity index (χ0) is 6.69. The van der Waals surface area contributed by atoms with Gasteiger partial charge in [-0.2, -0.15) is 0 Å². The molecule has 0 aromatic carbocycles. The Bertz CT molecular complexity index is 127. The van der Waals surface area contributed by atoms with Gasteiger partial charge in [-0.1, -0.05) is 30.7 Å². The van der Waals surface area contributed by atoms with Gasteiger partial charge in [-0.05, 0) is 25.7 Å². The van der Waals surface area contributed by atoms with Crippen molar-refractivity contribution in [3.8, 4) is 0 Å². The lowest BCUT2D eigenvalue weighted by molar-refractivity contribution is 0.375. The molecule has 0 aromatic rings. The summed E-state index contributed by atoms with van der Waals surface area (Å²) in [6.07, 6.45) is 8.33. The number of hydrogen-bond acceptors (Lipinski definition) is 0. The van der Waals surface area contributed by atoms with Crippen molar-refractivity contribution in [3.63, 3.8) is 0 Å². The lowest BCUT2D eigenvalue weighted by Crippen LogP contribution is -2.11. The van der Waals surface area contributed by atoms with E-state index in [0.717, 1.165) is 5.92 Å². The van der Waals surface area contributed by atoms with E-state index in [4.69, 9.17) is 0 Å². The second-order valence-electron chi connectivity index (χ2n) is 2.70. The van der Waals surface area contributed by atoms with Crippen molar-refractivity contribution in [3.05, 3.63) is 24.3 Å². The van der Waals surface area contributed by atoms with Gasteiger partial charge in [-0.15, -0.1) is 0 Å². The highest BCUT2D eigenvalue weighted by Crippen LogP contribution is 2.32. The Labute approximate surface area is 57.3 Å². The lowest BCUT2D eigenvalue weighted by atomic mass is 9.80. The van der Waals surface area contributed by atoms with Crippen LogP contribution in [0.3, 0.4) is 0 Å². The zero-order valence-corrected chi connectivity index (χ0v) is 6.06. The molecule has 0 aromatic heterocycles. The van der Waals surface area contributed by atoms with Crippen LogP contribution in [0.25, 0.3) is 0 Å². The van der Waals surface area contributed by atoms with Crippen LogP contribution < -0.4 is 0 Å². The summed E-state index contributed by atoms with van der Waals surface area (Å²) in [5.41, 5.74) is 1.32. The first-order valence-corrected chi connectivity index (χ1v) is 3.66. The van der Waals surface area contributed by atoms with E-state index in [2.05, 4.69) is 18.7 Å². The van der Waals surface area contributed by atoms with Gasteiger partial charge in [0.15, 0.2) is 0 Å². The highest BCUT2D eigenvalue weighted by atomic mass is 14.2. The molecule has 9 heavy (non-hydrogen) atoms. The van der Waals surface area contributed by atoms with Crippen molar-refractivity contribution in [2.24, 2.45) is 5.92 Å². The van der Waals surface area contributed by atoms with Crippen LogP contribution in [0.1, 0.15) is 26.2 Å². The monoisotopic (exact) mass is 122 g/mol. The molecule has 0 spiro atoms. The van der Waals surface area contributed by atoms with Crippen LogP contribution in [0, 0.1) is 5.92 Å². The second-order valence-corrected chi connectivity index (χ2v) is 2.70. The third kappa shape index (κ3) is 1.44. The summed E-state index contributed by atoms with van der Waals surface area (Å²) < 4.78 is 0. The predicted octanol–water partition coefficient (Wildman–Crippen LogP) is 2.92. The fourth-order valence-corrected chi connectivity index (χ4v) is 1.13. The zero-order valence-electron chi connectivity index (χ0n) is 6.06. The molecular weight excluding hydrogens is 108 g/mol. The van der Waals surface area contributed by atoms with Gasteiger partial charge in [0.1, 0.15) is 0 Å². The fraction of sp³-hybridized carbons (Fsp3) is 0.556. The van der Waals surface area contributed by atoms with Gasteiger partial charge < -0.3 is 0 Å². The molecule has 0 unspecified atom stereocenters. The number of hydrogen-bond donors (Lipinski definition) is 0. The molecule has 0 aliphatic heterocycles. The second kappa shape index (κ2) is 2.86. The first-order chi connectivity index (χ1) is 4.34. The van der Waals surface area contributed by atoms with E-state index in [-0.39, 0.29) is 0 Å². The van der Waals surface area contributed by atoms with E-state index in [1.54, 1.807) is 0 Å². The fourth-order valence-electron chi connectivity index (χ4n) is 1.13. The first-order valence-electron chi connectivity index (χ1n) is 3.66. The largest absolute Gasteiger partial charge is 0.0956 e. The Kier molecular flexibility index (Phi) is 2.10. The van der Waals surface area contributed by atoms with Crippen molar-refractivity contribution in [2.75, 3.05) is 0 Å². The Morgan fingerprint density at radius 1 is 1.56 bits per heavy atom. The third-order valence-corrected chi connectivity index (χ3v) is 2.01. The van der Waals surface area contributed by atoms with E-state index in [1.165, 1.54) is 24.8 Å². The molecule has 0 heteroatoms. The minimum atomic E-state index is 0.821. The molecule has 0 bridgehead atoms. The maximum Gasteiger partial charge on any atom is -0.0168 e. The minimum Gasteiger partial charge on any atom is -0.0956 e. The SMILES string of the molecule is C=C(/C=C\C)C1CCC1. The molecule has 0 heterocycles. The van der Waals surface area contributed by atoms with Gasteiger partial charge in [-0.3, -0.25) is 0 Å². The Morgan fingerprint density at radius 2 is 2.22 bits per heavy atom. The Balaban J connectivity index is 2.32. The third-order valence-electron chi connectivity index (χ3n) is 2.01. The molecule has 0 atom stereocenters. The van der Waals surface area contributed by atoms with Crippen LogP contribution in [-0.4, -0.2) is 0 Å². The average Bonchev–Trinajstić information content (AvgIpc) is 1.60. The molecule has 0 nitrogen and oxygen atoms in total. The highest BCUT2D eigenvalue weighted by molar-refractivity contribution is 5.18. The van der Waals surface area contributed by atoms with Crippen LogP contribution in [-0.2, 0) is 0 Å². The van der Waals surface area contributed by atoms with Crippen LogP contribution in [0.2, 0.25) is 0 Å². The maximum absolute atomic E-state index is 3.98. The first kappa shape index (κ1) is 6.60. The van der Waals surface area contributed by atoms with Crippen molar-refractivity contribution in [1.82, 2.24) is 0 Å². The molecule has 0 amide bonds. The van der Waals surface area contributed by atoms with E-state index in [1.807, 2.05) is 6.92 Å². The molecule has 1 aliphatic carbocycles. The summed E-state index contributed by atoms with van der Waals surface area (Å²) in [4.78, 5) is 0. The van der Waals surface area contributed by atoms with Crippen molar-refractivity contribution < 1.29 is 0 Å². The standard InChI is InChI=1S/C9H14/c1-3-5-8(2)9-6-4-7-9/h3,5,9H,2,4,6-7H2,1H3/b5-3-. The normalized spacial score (nSPS) is 20.1. The average molecular weight is 122 g/mol. The summed E-state index contributed by atoms with van der Waals surface area (Å²) >= 11 is 0. The topological polar surface area (TPSA) is 0 Å². The predicted molar refractivity (Wildman–Crippen MR) is 41.3 cm³/mol. The summed E-state index contributed by atoms with van der Waals surface area (Å²) in [5.74, 6) is 0.821. The molecule has 0 N–H and O–H groups in total. The van der Waals surface area contributed by atoms with Crippen LogP contribution in [0.5, 0.6) is 0 Å². The van der Waals surface area contributed by atoms with Gasteiger partial charge in [0.2, 0.25) is 0 Å². The van der Waals surface area contributed by atoms with Gasteiger partial charge in [0.05, 0.1) is 0 Å². The minimum absolute atomic E-state index is 0.821. The van der Waals surface area contributed by atoms with Crippen LogP contribution >= 0.6 is 0 Å². The summed E-state index contributed by atoms with van der Waals surface area (Å²) in [6.45, 7) is 6.03. The molecule has 50 valence electrons. The molecule has 1 saturated carbocycles. The van der Waals surface area contributed by atoms with E-state index in [0.29, 0.717) is 0 Å². The smallest absolute Gasteiger partial charge is 0.0168 e. The Hall–Kier alpha value is -0.520. The lowest BCUT2D eigenvalue weighted by Gasteiger charge is -2.25. The molecule has 1 fully saturated rings. The molecule has 0 radical (unpaired) electrons. The van der Waals surface area contributed by atoms with Crippen LogP contribution in [0.15, 0.2) is 24.3 Å². The van der Waals surface area contributed by atoms with Gasteiger partial charge in [-0.25, -0.2) is 0 Å². The molecule has 1 aliphatic rings. The molecule has 0 saturated heterocycles. The van der Waals surface area contributed by atoms with Crippen LogP contribution in [0.4, 0.5) is 0 Å². The molecule has 1 rings (SSSR count). The summed E-state index contributed by atoms with van der Waals surface area (Å²) in [5, 5.41) is 0. The Morgan fingerprint density at radius 3 is 2.56 bits per heavy atom. The number of rotatable bonds is 2. The van der Waals surface area contributed by atoms with Gasteiger partial charge in [0.25, 0.3) is 0 Å². The van der Waals surface area contributed by atoms with E-state index in [9.17, 15) is 0 Å².